The molecule has 0 saturated carbocycles. The molecule has 2 unspecified atom stereocenters. The molecule has 0 amide bonds. The monoisotopic (exact) mass is 294 g/mol. The van der Waals surface area contributed by atoms with Crippen molar-refractivity contribution >= 4 is 0 Å². The third-order valence-electron chi connectivity index (χ3n) is 4.08. The van der Waals surface area contributed by atoms with Gasteiger partial charge in [-0.3, -0.25) is 4.90 Å². The summed E-state index contributed by atoms with van der Waals surface area (Å²) in [6.45, 7) is 5.88. The topological polar surface area (TPSA) is 43.0 Å². The highest BCUT2D eigenvalue weighted by atomic mass is 16.5. The van der Waals surface area contributed by atoms with E-state index in [0.29, 0.717) is 0 Å². The summed E-state index contributed by atoms with van der Waals surface area (Å²) in [6, 6.07) is 5.89. The summed E-state index contributed by atoms with van der Waals surface area (Å²) in [5.41, 5.74) is 1.02. The molecule has 2 rings (SSSR count). The van der Waals surface area contributed by atoms with Gasteiger partial charge in [-0.05, 0) is 25.7 Å². The maximum atomic E-state index is 6.00. The number of methoxy groups -OCH3 is 2. The lowest BCUT2D eigenvalue weighted by atomic mass is 9.98. The van der Waals surface area contributed by atoms with E-state index in [-0.39, 0.29) is 12.1 Å². The van der Waals surface area contributed by atoms with E-state index in [1.54, 1.807) is 14.2 Å². The van der Waals surface area contributed by atoms with Gasteiger partial charge < -0.3 is 19.5 Å². The highest BCUT2D eigenvalue weighted by Gasteiger charge is 2.31. The third-order valence-corrected chi connectivity index (χ3v) is 4.08. The molecule has 2 atom stereocenters. The standard InChI is InChI=1S/C16H26N2O3/c1-5-18-9-10-21-14(11-18)16(17-2)15-12(19-3)7-6-8-13(15)20-4/h6-8,14,16-17H,5,9-11H2,1-4H3. The maximum absolute atomic E-state index is 6.00. The van der Waals surface area contributed by atoms with Crippen LogP contribution in [0.25, 0.3) is 0 Å². The molecule has 21 heavy (non-hydrogen) atoms. The smallest absolute Gasteiger partial charge is 0.127 e. The van der Waals surface area contributed by atoms with E-state index < -0.39 is 0 Å². The fraction of sp³-hybridized carbons (Fsp3) is 0.625. The first-order valence-corrected chi connectivity index (χ1v) is 7.47. The van der Waals surface area contributed by atoms with E-state index in [4.69, 9.17) is 14.2 Å². The summed E-state index contributed by atoms with van der Waals surface area (Å²) in [5.74, 6) is 1.65. The van der Waals surface area contributed by atoms with E-state index >= 15 is 0 Å². The predicted molar refractivity (Wildman–Crippen MR) is 83.2 cm³/mol. The first-order valence-electron chi connectivity index (χ1n) is 7.47. The van der Waals surface area contributed by atoms with Gasteiger partial charge in [0.25, 0.3) is 0 Å². The van der Waals surface area contributed by atoms with Crippen LogP contribution in [0.5, 0.6) is 11.5 Å². The molecule has 1 N–H and O–H groups in total. The van der Waals surface area contributed by atoms with Crippen molar-refractivity contribution in [2.24, 2.45) is 0 Å². The Balaban J connectivity index is 2.32. The van der Waals surface area contributed by atoms with Crippen LogP contribution in [0.15, 0.2) is 18.2 Å². The SMILES string of the molecule is CCN1CCOC(C(NC)c2c(OC)cccc2OC)C1. The molecule has 1 aromatic rings. The number of nitrogens with zero attached hydrogens (tertiary/aromatic N) is 1. The number of hydrogen-bond donors (Lipinski definition) is 1. The second kappa shape index (κ2) is 7.64. The number of morpholine rings is 1. The van der Waals surface area contributed by atoms with Crippen molar-refractivity contribution in [3.63, 3.8) is 0 Å². The van der Waals surface area contributed by atoms with Crippen molar-refractivity contribution < 1.29 is 14.2 Å². The Morgan fingerprint density at radius 1 is 1.33 bits per heavy atom. The van der Waals surface area contributed by atoms with Gasteiger partial charge in [-0.15, -0.1) is 0 Å². The molecular formula is C16H26N2O3. The van der Waals surface area contributed by atoms with Crippen molar-refractivity contribution in [2.75, 3.05) is 47.5 Å². The van der Waals surface area contributed by atoms with Gasteiger partial charge in [0, 0.05) is 13.1 Å². The zero-order chi connectivity index (χ0) is 15.2. The van der Waals surface area contributed by atoms with Crippen molar-refractivity contribution in [3.05, 3.63) is 23.8 Å². The van der Waals surface area contributed by atoms with Crippen molar-refractivity contribution in [3.8, 4) is 11.5 Å². The molecular weight excluding hydrogens is 268 g/mol. The Hall–Kier alpha value is -1.30. The highest BCUT2D eigenvalue weighted by molar-refractivity contribution is 5.47. The molecule has 5 nitrogen and oxygen atoms in total. The molecule has 118 valence electrons. The van der Waals surface area contributed by atoms with Gasteiger partial charge >= 0.3 is 0 Å². The van der Waals surface area contributed by atoms with Gasteiger partial charge in [0.15, 0.2) is 0 Å². The Morgan fingerprint density at radius 2 is 2.00 bits per heavy atom. The first kappa shape index (κ1) is 16.1. The molecule has 1 heterocycles. The molecule has 1 aliphatic rings. The molecule has 0 aliphatic carbocycles. The van der Waals surface area contributed by atoms with Crippen molar-refractivity contribution in [1.29, 1.82) is 0 Å². The number of ether oxygens (including phenoxy) is 3. The zero-order valence-corrected chi connectivity index (χ0v) is 13.4. The van der Waals surface area contributed by atoms with Gasteiger partial charge in [0.1, 0.15) is 11.5 Å². The number of benzene rings is 1. The normalized spacial score (nSPS) is 21.0. The van der Waals surface area contributed by atoms with E-state index in [0.717, 1.165) is 43.3 Å². The average Bonchev–Trinajstić information content (AvgIpc) is 2.55. The van der Waals surface area contributed by atoms with Crippen LogP contribution in [-0.4, -0.2) is 58.5 Å². The summed E-state index contributed by atoms with van der Waals surface area (Å²) in [5, 5.41) is 3.37. The summed E-state index contributed by atoms with van der Waals surface area (Å²) in [7, 11) is 5.32. The molecule has 0 bridgehead atoms. The molecule has 1 saturated heterocycles. The number of hydrogen-bond acceptors (Lipinski definition) is 5. The lowest BCUT2D eigenvalue weighted by Gasteiger charge is -2.37. The summed E-state index contributed by atoms with van der Waals surface area (Å²) in [6.07, 6.45) is 0.0777. The number of likely N-dealkylation sites (N-methyl/N-ethyl adjacent to an activating group) is 2. The van der Waals surface area contributed by atoms with Crippen LogP contribution in [0.3, 0.4) is 0 Å². The minimum absolute atomic E-state index is 0.0328. The molecule has 1 aliphatic heterocycles. The minimum atomic E-state index is 0.0328. The van der Waals surface area contributed by atoms with Crippen LogP contribution in [0.2, 0.25) is 0 Å². The Labute approximate surface area is 127 Å². The summed E-state index contributed by atoms with van der Waals surface area (Å²) < 4.78 is 17.1. The summed E-state index contributed by atoms with van der Waals surface area (Å²) >= 11 is 0. The molecule has 0 radical (unpaired) electrons. The Kier molecular flexibility index (Phi) is 5.85. The fourth-order valence-electron chi connectivity index (χ4n) is 2.92. The number of nitrogens with one attached hydrogen (secondary N) is 1. The van der Waals surface area contributed by atoms with Crippen LogP contribution >= 0.6 is 0 Å². The van der Waals surface area contributed by atoms with Crippen LogP contribution < -0.4 is 14.8 Å². The van der Waals surface area contributed by atoms with Gasteiger partial charge in [0.05, 0.1) is 38.5 Å². The molecule has 0 spiro atoms. The van der Waals surface area contributed by atoms with E-state index in [1.807, 2.05) is 25.2 Å². The quantitative estimate of drug-likeness (QED) is 0.865. The fourth-order valence-corrected chi connectivity index (χ4v) is 2.92. The van der Waals surface area contributed by atoms with Gasteiger partial charge in [-0.1, -0.05) is 13.0 Å². The van der Waals surface area contributed by atoms with Gasteiger partial charge in [-0.25, -0.2) is 0 Å². The maximum Gasteiger partial charge on any atom is 0.127 e. The second-order valence-corrected chi connectivity index (χ2v) is 5.15. The highest BCUT2D eigenvalue weighted by Crippen LogP contribution is 2.36. The van der Waals surface area contributed by atoms with Gasteiger partial charge in [0.2, 0.25) is 0 Å². The first-order chi connectivity index (χ1) is 10.2. The second-order valence-electron chi connectivity index (χ2n) is 5.15. The lowest BCUT2D eigenvalue weighted by molar-refractivity contribution is -0.0450. The van der Waals surface area contributed by atoms with E-state index in [2.05, 4.69) is 17.1 Å². The molecule has 1 fully saturated rings. The Bertz CT molecular complexity index is 431. The van der Waals surface area contributed by atoms with Crippen LogP contribution in [0.1, 0.15) is 18.5 Å². The predicted octanol–water partition coefficient (Wildman–Crippen LogP) is 1.68. The van der Waals surface area contributed by atoms with Crippen molar-refractivity contribution in [1.82, 2.24) is 10.2 Å². The molecule has 0 aromatic heterocycles. The number of rotatable bonds is 6. The van der Waals surface area contributed by atoms with Crippen LogP contribution in [-0.2, 0) is 4.74 Å². The van der Waals surface area contributed by atoms with E-state index in [9.17, 15) is 0 Å². The lowest BCUT2D eigenvalue weighted by Crippen LogP contribution is -2.47. The zero-order valence-electron chi connectivity index (χ0n) is 13.4. The van der Waals surface area contributed by atoms with Crippen LogP contribution in [0, 0.1) is 0 Å². The average molecular weight is 294 g/mol. The molecule has 5 heteroatoms. The van der Waals surface area contributed by atoms with E-state index in [1.165, 1.54) is 0 Å². The Morgan fingerprint density at radius 3 is 2.52 bits per heavy atom. The third kappa shape index (κ3) is 3.48. The van der Waals surface area contributed by atoms with Gasteiger partial charge in [-0.2, -0.15) is 0 Å². The van der Waals surface area contributed by atoms with Crippen molar-refractivity contribution in [2.45, 2.75) is 19.1 Å². The van der Waals surface area contributed by atoms with Crippen LogP contribution in [0.4, 0.5) is 0 Å². The minimum Gasteiger partial charge on any atom is -0.496 e. The summed E-state index contributed by atoms with van der Waals surface area (Å²) in [4.78, 5) is 2.40. The largest absolute Gasteiger partial charge is 0.496 e. The molecule has 1 aromatic carbocycles.